The fourth-order valence-electron chi connectivity index (χ4n) is 6.72. The van der Waals surface area contributed by atoms with Gasteiger partial charge in [0.15, 0.2) is 0 Å². The minimum Gasteiger partial charge on any atom is -0.488 e. The van der Waals surface area contributed by atoms with Gasteiger partial charge in [0, 0.05) is 30.7 Å². The number of pyridine rings is 1. The maximum atomic E-state index is 14.3. The van der Waals surface area contributed by atoms with E-state index in [0.717, 1.165) is 27.8 Å². The van der Waals surface area contributed by atoms with Crippen LogP contribution in [-0.2, 0) is 36.7 Å². The first-order chi connectivity index (χ1) is 26.6. The molecule has 0 radical (unpaired) electrons. The largest absolute Gasteiger partial charge is 0.488 e. The lowest BCUT2D eigenvalue weighted by Gasteiger charge is -2.26. The minimum atomic E-state index is -1.14. The average Bonchev–Trinajstić information content (AvgIpc) is 3.48. The number of hydrogen-bond acceptors (Lipinski definition) is 8. The van der Waals surface area contributed by atoms with Gasteiger partial charge >= 0.3 is 12.1 Å². The summed E-state index contributed by atoms with van der Waals surface area (Å²) < 4.78 is 16.8. The van der Waals surface area contributed by atoms with Crippen molar-refractivity contribution >= 4 is 23.9 Å². The van der Waals surface area contributed by atoms with E-state index in [1.165, 1.54) is 7.11 Å². The van der Waals surface area contributed by atoms with E-state index in [1.54, 1.807) is 24.4 Å². The molecule has 1 aliphatic rings. The van der Waals surface area contributed by atoms with Gasteiger partial charge in [-0.3, -0.25) is 14.6 Å². The number of nitrogens with one attached hydrogen (secondary N) is 3. The Bertz CT molecular complexity index is 1920. The Hall–Kier alpha value is -5.71. The first kappa shape index (κ1) is 41.5. The third kappa shape index (κ3) is 11.6. The number of benzene rings is 3. The molecule has 4 aromatic rings. The molecular weight excluding hydrogens is 709 g/mol. The van der Waals surface area contributed by atoms with E-state index in [1.807, 2.05) is 102 Å². The lowest BCUT2D eigenvalue weighted by Crippen LogP contribution is -2.57. The summed E-state index contributed by atoms with van der Waals surface area (Å²) in [5.74, 6) is -1.31. The molecule has 1 heterocycles. The Morgan fingerprint density at radius 3 is 1.82 bits per heavy atom. The Kier molecular flexibility index (Phi) is 13.5. The zero-order chi connectivity index (χ0) is 40.5. The lowest BCUT2D eigenvalue weighted by atomic mass is 9.88. The van der Waals surface area contributed by atoms with E-state index in [2.05, 4.69) is 33.1 Å². The number of esters is 1. The molecule has 3 atom stereocenters. The summed E-state index contributed by atoms with van der Waals surface area (Å²) in [4.78, 5) is 59.0. The van der Waals surface area contributed by atoms with Gasteiger partial charge in [-0.25, -0.2) is 9.59 Å². The van der Waals surface area contributed by atoms with Crippen LogP contribution in [0.3, 0.4) is 0 Å². The first-order valence-corrected chi connectivity index (χ1v) is 19.1. The molecule has 0 bridgehead atoms. The molecule has 56 heavy (non-hydrogen) atoms. The lowest BCUT2D eigenvalue weighted by molar-refractivity contribution is -0.145. The van der Waals surface area contributed by atoms with Gasteiger partial charge in [-0.05, 0) is 91.1 Å². The molecule has 0 saturated carbocycles. The van der Waals surface area contributed by atoms with E-state index in [4.69, 9.17) is 14.2 Å². The first-order valence-electron chi connectivity index (χ1n) is 19.1. The molecule has 296 valence electrons. The number of amides is 3. The van der Waals surface area contributed by atoms with Crippen LogP contribution in [0.4, 0.5) is 4.79 Å². The summed E-state index contributed by atoms with van der Waals surface area (Å²) in [7, 11) is 1.27. The monoisotopic (exact) mass is 762 g/mol. The Labute approximate surface area is 329 Å². The molecule has 0 unspecified atom stereocenters. The van der Waals surface area contributed by atoms with Crippen LogP contribution in [0, 0.1) is 5.41 Å². The van der Waals surface area contributed by atoms with Gasteiger partial charge in [0.1, 0.15) is 36.1 Å². The van der Waals surface area contributed by atoms with Gasteiger partial charge in [0.05, 0.1) is 7.11 Å². The molecule has 1 aliphatic carbocycles. The molecule has 11 nitrogen and oxygen atoms in total. The van der Waals surface area contributed by atoms with Crippen LogP contribution in [0.2, 0.25) is 0 Å². The second-order valence-electron chi connectivity index (χ2n) is 16.4. The second-order valence-corrected chi connectivity index (χ2v) is 16.4. The third-order valence-corrected chi connectivity index (χ3v) is 9.50. The zero-order valence-electron chi connectivity index (χ0n) is 33.4. The number of carbonyl (C=O) groups excluding carboxylic acids is 4. The Morgan fingerprint density at radius 1 is 0.696 bits per heavy atom. The van der Waals surface area contributed by atoms with Crippen molar-refractivity contribution in [2.75, 3.05) is 13.7 Å². The van der Waals surface area contributed by atoms with Crippen molar-refractivity contribution in [2.24, 2.45) is 5.41 Å². The van der Waals surface area contributed by atoms with Crippen LogP contribution in [0.25, 0.3) is 11.1 Å². The molecule has 1 aromatic heterocycles. The highest BCUT2D eigenvalue weighted by molar-refractivity contribution is 5.93. The van der Waals surface area contributed by atoms with E-state index < -0.39 is 47.6 Å². The molecule has 5 rings (SSSR count). The number of aromatic nitrogens is 1. The highest BCUT2D eigenvalue weighted by Crippen LogP contribution is 2.44. The third-order valence-electron chi connectivity index (χ3n) is 9.50. The Morgan fingerprint density at radius 2 is 1.27 bits per heavy atom. The van der Waals surface area contributed by atoms with Gasteiger partial charge in [-0.2, -0.15) is 0 Å². The predicted octanol–water partition coefficient (Wildman–Crippen LogP) is 6.92. The zero-order valence-corrected chi connectivity index (χ0v) is 33.4. The highest BCUT2D eigenvalue weighted by Gasteiger charge is 2.33. The molecule has 0 spiro atoms. The van der Waals surface area contributed by atoms with Crippen LogP contribution in [0.15, 0.2) is 97.2 Å². The molecule has 0 saturated heterocycles. The maximum absolute atomic E-state index is 14.3. The molecule has 11 heteroatoms. The number of carbonyl (C=O) groups is 4. The summed E-state index contributed by atoms with van der Waals surface area (Å²) in [5.41, 5.74) is 5.09. The Balaban J connectivity index is 1.37. The predicted molar refractivity (Wildman–Crippen MR) is 215 cm³/mol. The summed E-state index contributed by atoms with van der Waals surface area (Å²) >= 11 is 0. The van der Waals surface area contributed by atoms with Crippen molar-refractivity contribution in [1.82, 2.24) is 20.9 Å². The number of methoxy groups -OCH3 is 1. The van der Waals surface area contributed by atoms with E-state index >= 15 is 0 Å². The quantitative estimate of drug-likeness (QED) is 0.111. The number of hydrogen-bond donors (Lipinski definition) is 3. The van der Waals surface area contributed by atoms with Crippen LogP contribution >= 0.6 is 0 Å². The van der Waals surface area contributed by atoms with Crippen molar-refractivity contribution in [3.05, 3.63) is 120 Å². The summed E-state index contributed by atoms with van der Waals surface area (Å²) in [6.45, 7) is 12.0. The van der Waals surface area contributed by atoms with Crippen LogP contribution in [0.5, 0.6) is 5.75 Å². The van der Waals surface area contributed by atoms with Gasteiger partial charge < -0.3 is 30.2 Å². The second kappa shape index (κ2) is 18.3. The molecule has 0 aliphatic heterocycles. The maximum Gasteiger partial charge on any atom is 0.407 e. The van der Waals surface area contributed by atoms with Crippen LogP contribution in [-0.4, -0.2) is 66.3 Å². The van der Waals surface area contributed by atoms with Crippen LogP contribution in [0.1, 0.15) is 82.7 Å². The SMILES string of the molecule is COC(=O)[C@H](CCC(C)(C)C)NC(=O)[C@H](Cc1ccccn1)NC(=O)[C@H](Cc1ccc(OC(C)(C)C)cc1)NC(=O)OCC1c2ccccc2-c2ccccc21. The van der Waals surface area contributed by atoms with E-state index in [0.29, 0.717) is 24.3 Å². The van der Waals surface area contributed by atoms with Crippen molar-refractivity contribution in [1.29, 1.82) is 0 Å². The minimum absolute atomic E-state index is 0.0298. The number of alkyl carbamates (subject to hydrolysis) is 1. The summed E-state index contributed by atoms with van der Waals surface area (Å²) in [6.07, 6.45) is 1.91. The van der Waals surface area contributed by atoms with Gasteiger partial charge in [-0.15, -0.1) is 0 Å². The number of nitrogens with zero attached hydrogens (tertiary/aromatic N) is 1. The van der Waals surface area contributed by atoms with Crippen molar-refractivity contribution in [2.45, 2.75) is 96.9 Å². The number of rotatable bonds is 15. The highest BCUT2D eigenvalue weighted by atomic mass is 16.5. The standard InChI is InChI=1S/C45H54N4O7/c1-44(2,3)24-23-37(42(52)54-7)47-41(51)39(27-30-14-12-13-25-46-30)48-40(50)38(26-29-19-21-31(22-20-29)56-45(4,5)6)49-43(53)55-28-36-34-17-10-8-15-32(34)33-16-9-11-18-35(33)36/h8-22,25,36-39H,23-24,26-28H2,1-7H3,(H,47,51)(H,48,50)(H,49,53)/t37-,38-,39-/m0/s1. The fraction of sp³-hybridized carbons (Fsp3) is 0.400. The molecule has 3 aromatic carbocycles. The summed E-state index contributed by atoms with van der Waals surface area (Å²) in [6, 6.07) is 25.4. The fourth-order valence-corrected chi connectivity index (χ4v) is 6.72. The van der Waals surface area contributed by atoms with E-state index in [-0.39, 0.29) is 30.8 Å². The molecule has 3 N–H and O–H groups in total. The number of ether oxygens (including phenoxy) is 3. The number of fused-ring (bicyclic) bond motifs is 3. The topological polar surface area (TPSA) is 145 Å². The average molecular weight is 763 g/mol. The van der Waals surface area contributed by atoms with Gasteiger partial charge in [0.25, 0.3) is 0 Å². The van der Waals surface area contributed by atoms with Gasteiger partial charge in [0.2, 0.25) is 11.8 Å². The van der Waals surface area contributed by atoms with Crippen molar-refractivity contribution in [3.8, 4) is 16.9 Å². The van der Waals surface area contributed by atoms with Crippen molar-refractivity contribution in [3.63, 3.8) is 0 Å². The van der Waals surface area contributed by atoms with E-state index in [9.17, 15) is 19.2 Å². The normalized spacial score (nSPS) is 14.0. The molecule has 0 fully saturated rings. The molecule has 3 amide bonds. The van der Waals surface area contributed by atoms with Crippen LogP contribution < -0.4 is 20.7 Å². The molecular formula is C45H54N4O7. The van der Waals surface area contributed by atoms with Gasteiger partial charge in [-0.1, -0.05) is 87.5 Å². The summed E-state index contributed by atoms with van der Waals surface area (Å²) in [5, 5.41) is 8.44. The van der Waals surface area contributed by atoms with Crippen molar-refractivity contribution < 1.29 is 33.4 Å². The smallest absolute Gasteiger partial charge is 0.407 e.